The van der Waals surface area contributed by atoms with Gasteiger partial charge in [-0.1, -0.05) is 103 Å². The Morgan fingerprint density at radius 3 is 0.981 bits per heavy atom. The largest absolute Gasteiger partial charge is 0.354 e. The molecule has 0 spiro atoms. The predicted molar refractivity (Wildman–Crippen MR) is 220 cm³/mol. The van der Waals surface area contributed by atoms with Crippen LogP contribution in [0.2, 0.25) is 0 Å². The van der Waals surface area contributed by atoms with E-state index in [9.17, 15) is 0 Å². The van der Waals surface area contributed by atoms with Crippen molar-refractivity contribution in [3.8, 4) is 50.2 Å². The maximum atomic E-state index is 5.42. The highest BCUT2D eigenvalue weighted by Crippen LogP contribution is 2.38. The summed E-state index contributed by atoms with van der Waals surface area (Å²) in [5.74, 6) is 0. The van der Waals surface area contributed by atoms with Crippen molar-refractivity contribution < 1.29 is 0 Å². The van der Waals surface area contributed by atoms with Crippen LogP contribution in [-0.4, -0.2) is 24.5 Å². The number of rotatable bonds is 5. The van der Waals surface area contributed by atoms with E-state index in [0.717, 1.165) is 95.0 Å². The summed E-state index contributed by atoms with van der Waals surface area (Å²) in [6.45, 7) is 0. The molecule has 2 aliphatic heterocycles. The van der Waals surface area contributed by atoms with Crippen molar-refractivity contribution in [2.45, 2.75) is 0 Å². The lowest BCUT2D eigenvalue weighted by atomic mass is 10.0. The minimum absolute atomic E-state index is 0.890. The highest BCUT2D eigenvalue weighted by molar-refractivity contribution is 5.99. The van der Waals surface area contributed by atoms with Crippen LogP contribution in [-0.2, 0) is 0 Å². The quantitative estimate of drug-likeness (QED) is 0.190. The number of benzene rings is 4. The number of H-pyrrole nitrogens is 2. The molecule has 6 heterocycles. The van der Waals surface area contributed by atoms with E-state index in [0.29, 0.717) is 0 Å². The van der Waals surface area contributed by atoms with Crippen molar-refractivity contribution in [3.05, 3.63) is 187 Å². The van der Waals surface area contributed by atoms with Gasteiger partial charge in [-0.25, -0.2) is 9.97 Å². The Bertz CT molecular complexity index is 2800. The van der Waals surface area contributed by atoms with E-state index in [-0.39, 0.29) is 0 Å². The molecule has 0 aliphatic carbocycles. The monoisotopic (exact) mass is 679 g/mol. The van der Waals surface area contributed by atoms with Crippen LogP contribution in [0.4, 0.5) is 0 Å². The Morgan fingerprint density at radius 2 is 0.642 bits per heavy atom. The minimum Gasteiger partial charge on any atom is -0.354 e. The third-order valence-electron chi connectivity index (χ3n) is 10.00. The summed E-state index contributed by atoms with van der Waals surface area (Å²) in [6, 6.07) is 53.0. The molecule has 4 aromatic carbocycles. The molecule has 250 valence electrons. The molecule has 2 N–H and O–H groups in total. The summed E-state index contributed by atoms with van der Waals surface area (Å²) in [4.78, 5) is 18.5. The Balaban J connectivity index is 1.35. The van der Waals surface area contributed by atoms with Crippen LogP contribution < -0.4 is 0 Å². The van der Waals surface area contributed by atoms with Crippen LogP contribution in [0, 0.1) is 0 Å². The number of aromatic amines is 2. The summed E-state index contributed by atoms with van der Waals surface area (Å²) in [6.07, 6.45) is 12.7. The van der Waals surface area contributed by atoms with Gasteiger partial charge in [0.25, 0.3) is 0 Å². The molecular weight excluding hydrogens is 647 g/mol. The van der Waals surface area contributed by atoms with Crippen molar-refractivity contribution in [1.29, 1.82) is 0 Å². The molecule has 10 rings (SSSR count). The first-order chi connectivity index (χ1) is 26.3. The molecule has 0 unspecified atom stereocenters. The van der Waals surface area contributed by atoms with Crippen LogP contribution in [0.15, 0.2) is 164 Å². The molecule has 0 amide bonds. The SMILES string of the molecule is C1=Cc2nc1c(-c1ccccc1)c1ccc([nH]1)c(-c1ccccc1)c1nc(c(-c3ccc(-n4cccc4)cc3)c3ccc([nH]3)c2-c2ccccc2)C=C1. The molecule has 0 saturated carbocycles. The maximum absolute atomic E-state index is 5.42. The number of aromatic nitrogens is 5. The van der Waals surface area contributed by atoms with E-state index in [2.05, 4.69) is 191 Å². The fourth-order valence-electron chi connectivity index (χ4n) is 7.54. The van der Waals surface area contributed by atoms with Gasteiger partial charge in [0, 0.05) is 62.4 Å². The van der Waals surface area contributed by atoms with Crippen molar-refractivity contribution in [2.24, 2.45) is 0 Å². The third-order valence-corrected chi connectivity index (χ3v) is 10.00. The molecule has 8 aromatic rings. The molecule has 2 aliphatic rings. The first-order valence-electron chi connectivity index (χ1n) is 17.8. The molecule has 0 atom stereocenters. The lowest BCUT2D eigenvalue weighted by Gasteiger charge is -2.08. The van der Waals surface area contributed by atoms with E-state index in [1.54, 1.807) is 0 Å². The average molecular weight is 680 g/mol. The second kappa shape index (κ2) is 12.8. The molecule has 53 heavy (non-hydrogen) atoms. The highest BCUT2D eigenvalue weighted by Gasteiger charge is 2.18. The number of nitrogens with zero attached hydrogens (tertiary/aromatic N) is 3. The standard InChI is InChI=1S/C48H33N5/c1-4-12-32(13-5-1)45-37-22-24-39(49-37)46(33-14-6-2-7-15-33)41-26-28-43(51-41)48(35-18-20-36(21-19-35)53-30-10-11-31-53)44-29-27-42(52-44)47(34-16-8-3-9-17-34)40-25-23-38(45)50-40/h1-31,49,52H. The van der Waals surface area contributed by atoms with E-state index in [4.69, 9.17) is 9.97 Å². The average Bonchev–Trinajstić information content (AvgIpc) is 4.07. The topological polar surface area (TPSA) is 62.3 Å². The second-order valence-electron chi connectivity index (χ2n) is 13.2. The fourth-order valence-corrected chi connectivity index (χ4v) is 7.54. The number of hydrogen-bond donors (Lipinski definition) is 2. The van der Waals surface area contributed by atoms with Gasteiger partial charge < -0.3 is 14.5 Å². The van der Waals surface area contributed by atoms with Gasteiger partial charge in [0.05, 0.1) is 22.8 Å². The van der Waals surface area contributed by atoms with Crippen molar-refractivity contribution >= 4 is 46.4 Å². The van der Waals surface area contributed by atoms with E-state index in [1.165, 1.54) is 0 Å². The summed E-state index contributed by atoms with van der Waals surface area (Å²) in [5.41, 5.74) is 17.1. The van der Waals surface area contributed by atoms with Crippen LogP contribution in [0.1, 0.15) is 22.8 Å². The van der Waals surface area contributed by atoms with Crippen molar-refractivity contribution in [3.63, 3.8) is 0 Å². The zero-order valence-electron chi connectivity index (χ0n) is 28.7. The van der Waals surface area contributed by atoms with Gasteiger partial charge >= 0.3 is 0 Å². The van der Waals surface area contributed by atoms with Gasteiger partial charge in [-0.05, 0) is 95.1 Å². The zero-order valence-corrected chi connectivity index (χ0v) is 28.7. The van der Waals surface area contributed by atoms with Gasteiger partial charge in [-0.2, -0.15) is 0 Å². The highest BCUT2D eigenvalue weighted by atomic mass is 14.9. The smallest absolute Gasteiger partial charge is 0.0737 e. The maximum Gasteiger partial charge on any atom is 0.0737 e. The Morgan fingerprint density at radius 1 is 0.321 bits per heavy atom. The summed E-state index contributed by atoms with van der Waals surface area (Å²) < 4.78 is 2.12. The van der Waals surface area contributed by atoms with E-state index >= 15 is 0 Å². The zero-order chi connectivity index (χ0) is 35.1. The third kappa shape index (κ3) is 5.52. The minimum atomic E-state index is 0.890. The normalized spacial score (nSPS) is 12.0. The molecule has 0 saturated heterocycles. The molecule has 4 aromatic heterocycles. The molecule has 0 fully saturated rings. The Hall–Kier alpha value is -7.24. The number of fused-ring (bicyclic) bond motifs is 8. The van der Waals surface area contributed by atoms with Crippen molar-refractivity contribution in [2.75, 3.05) is 0 Å². The van der Waals surface area contributed by atoms with Crippen molar-refractivity contribution in [1.82, 2.24) is 24.5 Å². The number of hydrogen-bond acceptors (Lipinski definition) is 2. The molecular formula is C48H33N5. The number of nitrogens with one attached hydrogen (secondary N) is 2. The van der Waals surface area contributed by atoms with Gasteiger partial charge in [0.1, 0.15) is 0 Å². The van der Waals surface area contributed by atoms with Gasteiger partial charge in [0.15, 0.2) is 0 Å². The first-order valence-corrected chi connectivity index (χ1v) is 17.8. The molecule has 5 heteroatoms. The summed E-state index contributed by atoms with van der Waals surface area (Å²) in [7, 11) is 0. The molecule has 0 radical (unpaired) electrons. The van der Waals surface area contributed by atoms with Gasteiger partial charge in [0.2, 0.25) is 0 Å². The van der Waals surface area contributed by atoms with E-state index in [1.807, 2.05) is 12.1 Å². The second-order valence-corrected chi connectivity index (χ2v) is 13.2. The lowest BCUT2D eigenvalue weighted by Crippen LogP contribution is -1.91. The summed E-state index contributed by atoms with van der Waals surface area (Å²) >= 11 is 0. The van der Waals surface area contributed by atoms with Crippen LogP contribution in [0.5, 0.6) is 0 Å². The first kappa shape index (κ1) is 30.6. The Kier molecular flexibility index (Phi) is 7.40. The van der Waals surface area contributed by atoms with Crippen LogP contribution >= 0.6 is 0 Å². The molecule has 8 bridgehead atoms. The predicted octanol–water partition coefficient (Wildman–Crippen LogP) is 12.1. The van der Waals surface area contributed by atoms with Crippen LogP contribution in [0.25, 0.3) is 96.6 Å². The van der Waals surface area contributed by atoms with Gasteiger partial charge in [-0.3, -0.25) is 0 Å². The Labute approximate surface area is 307 Å². The summed E-state index contributed by atoms with van der Waals surface area (Å²) in [5, 5.41) is 0. The molecule has 5 nitrogen and oxygen atoms in total. The lowest BCUT2D eigenvalue weighted by molar-refractivity contribution is 1.08. The van der Waals surface area contributed by atoms with Crippen LogP contribution in [0.3, 0.4) is 0 Å². The van der Waals surface area contributed by atoms with Gasteiger partial charge in [-0.15, -0.1) is 0 Å². The van der Waals surface area contributed by atoms with E-state index < -0.39 is 0 Å². The fraction of sp³-hybridized carbons (Fsp3) is 0.